The highest BCUT2D eigenvalue weighted by Crippen LogP contribution is 2.30. The van der Waals surface area contributed by atoms with Crippen molar-refractivity contribution in [3.63, 3.8) is 0 Å². The molecule has 0 radical (unpaired) electrons. The maximum absolute atomic E-state index is 12.1. The van der Waals surface area contributed by atoms with Gasteiger partial charge < -0.3 is 14.6 Å². The van der Waals surface area contributed by atoms with Crippen molar-refractivity contribution in [2.75, 3.05) is 19.4 Å². The summed E-state index contributed by atoms with van der Waals surface area (Å²) in [5.74, 6) is 2.54. The van der Waals surface area contributed by atoms with E-state index in [4.69, 9.17) is 4.74 Å². The maximum atomic E-state index is 12.1. The number of nitrogens with zero attached hydrogens (tertiary/aromatic N) is 3. The summed E-state index contributed by atoms with van der Waals surface area (Å²) in [5, 5.41) is 12.3. The minimum atomic E-state index is 0.0578. The lowest BCUT2D eigenvalue weighted by Crippen LogP contribution is -2.31. The molecule has 2 aromatic rings. The Kier molecular flexibility index (Phi) is 6.55. The van der Waals surface area contributed by atoms with E-state index >= 15 is 0 Å². The van der Waals surface area contributed by atoms with Gasteiger partial charge in [0.1, 0.15) is 5.75 Å². The third-order valence-electron chi connectivity index (χ3n) is 4.83. The number of nitrogens with one attached hydrogen (secondary N) is 1. The Bertz CT molecular complexity index is 741. The fourth-order valence-electron chi connectivity index (χ4n) is 3.34. The molecule has 1 amide bonds. The number of hydrogen-bond donors (Lipinski definition) is 1. The van der Waals surface area contributed by atoms with E-state index in [1.54, 1.807) is 7.11 Å². The molecule has 0 unspecified atom stereocenters. The largest absolute Gasteiger partial charge is 0.496 e. The Morgan fingerprint density at radius 2 is 2.04 bits per heavy atom. The van der Waals surface area contributed by atoms with Crippen LogP contribution in [0.1, 0.15) is 32.1 Å². The molecule has 1 heterocycles. The third kappa shape index (κ3) is 4.58. The van der Waals surface area contributed by atoms with E-state index in [9.17, 15) is 4.79 Å². The molecule has 0 atom stereocenters. The second-order valence-electron chi connectivity index (χ2n) is 6.66. The van der Waals surface area contributed by atoms with Crippen LogP contribution in [0.25, 0.3) is 11.4 Å². The molecule has 0 spiro atoms. The Morgan fingerprint density at radius 3 is 2.81 bits per heavy atom. The number of aromatic nitrogens is 3. The number of para-hydroxylation sites is 1. The smallest absolute Gasteiger partial charge is 0.230 e. The summed E-state index contributed by atoms with van der Waals surface area (Å²) in [4.78, 5) is 12.1. The number of carbonyl (C=O) groups is 1. The van der Waals surface area contributed by atoms with Gasteiger partial charge in [0.25, 0.3) is 0 Å². The fourth-order valence-corrected chi connectivity index (χ4v) is 4.08. The molecule has 0 aliphatic heterocycles. The molecule has 26 heavy (non-hydrogen) atoms. The zero-order chi connectivity index (χ0) is 18.4. The lowest BCUT2D eigenvalue weighted by Gasteiger charge is -2.21. The van der Waals surface area contributed by atoms with Crippen LogP contribution in [-0.2, 0) is 11.8 Å². The van der Waals surface area contributed by atoms with E-state index in [1.165, 1.54) is 43.9 Å². The van der Waals surface area contributed by atoms with Crippen molar-refractivity contribution in [3.05, 3.63) is 24.3 Å². The number of ether oxygens (including phenoxy) is 1. The fraction of sp³-hybridized carbons (Fsp3) is 0.526. The number of amides is 1. The van der Waals surface area contributed by atoms with Crippen molar-refractivity contribution < 1.29 is 9.53 Å². The van der Waals surface area contributed by atoms with Gasteiger partial charge in [-0.25, -0.2) is 0 Å². The molecular weight excluding hydrogens is 348 g/mol. The first kappa shape index (κ1) is 18.8. The van der Waals surface area contributed by atoms with E-state index < -0.39 is 0 Å². The molecule has 1 aromatic carbocycles. The lowest BCUT2D eigenvalue weighted by molar-refractivity contribution is -0.118. The predicted octanol–water partition coefficient (Wildman–Crippen LogP) is 3.28. The van der Waals surface area contributed by atoms with Crippen LogP contribution in [0.15, 0.2) is 29.4 Å². The van der Waals surface area contributed by atoms with E-state index in [2.05, 4.69) is 15.5 Å². The molecule has 0 saturated heterocycles. The standard InChI is InChI=1S/C19H26N4O2S/c1-23-18(15-10-6-7-11-16(15)25-2)21-22-19(23)26-13-17(24)20-12-14-8-4-3-5-9-14/h6-7,10-11,14H,3-5,8-9,12-13H2,1-2H3,(H,20,24). The van der Waals surface area contributed by atoms with Crippen molar-refractivity contribution in [2.45, 2.75) is 37.3 Å². The van der Waals surface area contributed by atoms with Crippen LogP contribution >= 0.6 is 11.8 Å². The minimum absolute atomic E-state index is 0.0578. The summed E-state index contributed by atoms with van der Waals surface area (Å²) in [6.07, 6.45) is 6.39. The average molecular weight is 375 g/mol. The van der Waals surface area contributed by atoms with Gasteiger partial charge in [0, 0.05) is 13.6 Å². The molecule has 1 saturated carbocycles. The van der Waals surface area contributed by atoms with Gasteiger partial charge in [0.15, 0.2) is 11.0 Å². The van der Waals surface area contributed by atoms with Crippen LogP contribution < -0.4 is 10.1 Å². The topological polar surface area (TPSA) is 69.0 Å². The molecule has 1 aliphatic carbocycles. The van der Waals surface area contributed by atoms with Crippen LogP contribution in [0.4, 0.5) is 0 Å². The van der Waals surface area contributed by atoms with Crippen molar-refractivity contribution in [1.82, 2.24) is 20.1 Å². The summed E-state index contributed by atoms with van der Waals surface area (Å²) < 4.78 is 7.30. The summed E-state index contributed by atoms with van der Waals surface area (Å²) in [6.45, 7) is 0.796. The van der Waals surface area contributed by atoms with E-state index in [-0.39, 0.29) is 5.91 Å². The highest BCUT2D eigenvalue weighted by molar-refractivity contribution is 7.99. The molecule has 3 rings (SSSR count). The molecule has 140 valence electrons. The first-order chi connectivity index (χ1) is 12.7. The highest BCUT2D eigenvalue weighted by atomic mass is 32.2. The van der Waals surface area contributed by atoms with Crippen molar-refractivity contribution in [1.29, 1.82) is 0 Å². The van der Waals surface area contributed by atoms with Crippen LogP contribution in [-0.4, -0.2) is 40.1 Å². The van der Waals surface area contributed by atoms with E-state index in [1.807, 2.05) is 35.9 Å². The molecule has 1 aliphatic rings. The van der Waals surface area contributed by atoms with Gasteiger partial charge in [-0.1, -0.05) is 43.2 Å². The van der Waals surface area contributed by atoms with Gasteiger partial charge in [0.05, 0.1) is 18.4 Å². The van der Waals surface area contributed by atoms with Gasteiger partial charge in [-0.2, -0.15) is 0 Å². The average Bonchev–Trinajstić information content (AvgIpc) is 3.05. The number of methoxy groups -OCH3 is 1. The molecule has 1 aromatic heterocycles. The van der Waals surface area contributed by atoms with Crippen molar-refractivity contribution >= 4 is 17.7 Å². The normalized spacial score (nSPS) is 15.0. The monoisotopic (exact) mass is 374 g/mol. The molecule has 6 nitrogen and oxygen atoms in total. The van der Waals surface area contributed by atoms with Crippen LogP contribution in [0.2, 0.25) is 0 Å². The molecule has 0 bridgehead atoms. The first-order valence-corrected chi connectivity index (χ1v) is 10.1. The number of hydrogen-bond acceptors (Lipinski definition) is 5. The van der Waals surface area contributed by atoms with Gasteiger partial charge in [-0.05, 0) is 30.9 Å². The van der Waals surface area contributed by atoms with Gasteiger partial charge in [-0.15, -0.1) is 10.2 Å². The number of benzene rings is 1. The molecule has 1 N–H and O–H groups in total. The predicted molar refractivity (Wildman–Crippen MR) is 103 cm³/mol. The Morgan fingerprint density at radius 1 is 1.27 bits per heavy atom. The summed E-state index contributed by atoms with van der Waals surface area (Å²) >= 11 is 1.41. The quantitative estimate of drug-likeness (QED) is 0.753. The third-order valence-corrected chi connectivity index (χ3v) is 5.85. The summed E-state index contributed by atoms with van der Waals surface area (Å²) in [7, 11) is 3.55. The van der Waals surface area contributed by atoms with Crippen LogP contribution in [0.3, 0.4) is 0 Å². The van der Waals surface area contributed by atoms with E-state index in [0.29, 0.717) is 11.7 Å². The highest BCUT2D eigenvalue weighted by Gasteiger charge is 2.17. The number of carbonyl (C=O) groups excluding carboxylic acids is 1. The molecule has 1 fully saturated rings. The Hall–Kier alpha value is -2.02. The number of rotatable bonds is 7. The van der Waals surface area contributed by atoms with Crippen LogP contribution in [0.5, 0.6) is 5.75 Å². The number of thioether (sulfide) groups is 1. The zero-order valence-corrected chi connectivity index (χ0v) is 16.2. The van der Waals surface area contributed by atoms with Gasteiger partial charge in [-0.3, -0.25) is 4.79 Å². The summed E-state index contributed by atoms with van der Waals surface area (Å²) in [5.41, 5.74) is 0.888. The second-order valence-corrected chi connectivity index (χ2v) is 7.60. The molecule has 7 heteroatoms. The second kappa shape index (κ2) is 9.07. The van der Waals surface area contributed by atoms with Crippen molar-refractivity contribution in [2.24, 2.45) is 13.0 Å². The van der Waals surface area contributed by atoms with Gasteiger partial charge >= 0.3 is 0 Å². The zero-order valence-electron chi connectivity index (χ0n) is 15.4. The summed E-state index contributed by atoms with van der Waals surface area (Å²) in [6, 6.07) is 7.72. The van der Waals surface area contributed by atoms with Crippen molar-refractivity contribution in [3.8, 4) is 17.1 Å². The first-order valence-electron chi connectivity index (χ1n) is 9.11. The Balaban J connectivity index is 1.55. The maximum Gasteiger partial charge on any atom is 0.230 e. The van der Waals surface area contributed by atoms with Gasteiger partial charge in [0.2, 0.25) is 5.91 Å². The minimum Gasteiger partial charge on any atom is -0.496 e. The van der Waals surface area contributed by atoms with Crippen LogP contribution in [0, 0.1) is 5.92 Å². The Labute approximate surface area is 158 Å². The molecular formula is C19H26N4O2S. The van der Waals surface area contributed by atoms with E-state index in [0.717, 1.165) is 28.8 Å². The SMILES string of the molecule is COc1ccccc1-c1nnc(SCC(=O)NCC2CCCCC2)n1C. The lowest BCUT2D eigenvalue weighted by atomic mass is 9.89.